The van der Waals surface area contributed by atoms with Crippen molar-refractivity contribution in [1.82, 2.24) is 0 Å². The monoisotopic (exact) mass is 330 g/mol. The van der Waals surface area contributed by atoms with E-state index in [1.54, 1.807) is 6.08 Å². The van der Waals surface area contributed by atoms with Crippen LogP contribution in [0.25, 0.3) is 0 Å². The van der Waals surface area contributed by atoms with Crippen LogP contribution in [-0.4, -0.2) is 25.0 Å². The number of ether oxygens (including phenoxy) is 2. The van der Waals surface area contributed by atoms with Gasteiger partial charge < -0.3 is 9.47 Å². The summed E-state index contributed by atoms with van der Waals surface area (Å²) < 4.78 is 51.4. The molecule has 3 unspecified atom stereocenters. The second-order valence-corrected chi connectivity index (χ2v) is 7.52. The van der Waals surface area contributed by atoms with Gasteiger partial charge >= 0.3 is 12.1 Å². The Bertz CT molecular complexity index is 510. The maximum atomic E-state index is 13.6. The predicted octanol–water partition coefficient (Wildman–Crippen LogP) is 3.84. The molecule has 128 valence electrons. The molecule has 4 bridgehead atoms. The molecular formula is C17H21F3O3. The molecule has 3 nitrogen and oxygen atoms in total. The number of carbonyl (C=O) groups is 1. The molecule has 3 fully saturated rings. The third-order valence-electron chi connectivity index (χ3n) is 6.46. The van der Waals surface area contributed by atoms with E-state index in [2.05, 4.69) is 0 Å². The van der Waals surface area contributed by atoms with E-state index in [1.807, 2.05) is 0 Å². The van der Waals surface area contributed by atoms with Gasteiger partial charge in [0, 0.05) is 5.92 Å². The zero-order valence-electron chi connectivity index (χ0n) is 12.8. The van der Waals surface area contributed by atoms with Crippen molar-refractivity contribution >= 4 is 5.97 Å². The van der Waals surface area contributed by atoms with Crippen molar-refractivity contribution in [3.8, 4) is 0 Å². The van der Waals surface area contributed by atoms with Crippen molar-refractivity contribution in [3.63, 3.8) is 0 Å². The normalized spacial score (nSPS) is 44.2. The first-order chi connectivity index (χ1) is 10.9. The fraction of sp³-hybridized carbons (Fsp3) is 0.824. The van der Waals surface area contributed by atoms with Crippen molar-refractivity contribution < 1.29 is 27.4 Å². The van der Waals surface area contributed by atoms with Crippen LogP contribution in [0.5, 0.6) is 0 Å². The van der Waals surface area contributed by atoms with E-state index in [-0.39, 0.29) is 25.2 Å². The molecule has 0 aromatic carbocycles. The molecule has 4 aliphatic carbocycles. The number of carbonyl (C=O) groups excluding carboxylic acids is 1. The van der Waals surface area contributed by atoms with E-state index in [0.29, 0.717) is 18.3 Å². The van der Waals surface area contributed by atoms with Gasteiger partial charge in [0.05, 0.1) is 6.10 Å². The Hall–Kier alpha value is -1.04. The molecule has 4 aliphatic rings. The van der Waals surface area contributed by atoms with Gasteiger partial charge in [-0.3, -0.25) is 4.79 Å². The second-order valence-electron chi connectivity index (χ2n) is 7.52. The number of halogens is 3. The first-order valence-electron chi connectivity index (χ1n) is 8.45. The summed E-state index contributed by atoms with van der Waals surface area (Å²) >= 11 is 0. The Morgan fingerprint density at radius 3 is 2.26 bits per heavy atom. The molecule has 0 spiro atoms. The van der Waals surface area contributed by atoms with Gasteiger partial charge in [-0.2, -0.15) is 13.2 Å². The Labute approximate surface area is 133 Å². The van der Waals surface area contributed by atoms with E-state index in [0.717, 1.165) is 25.7 Å². The highest BCUT2D eigenvalue weighted by Gasteiger charge is 2.69. The van der Waals surface area contributed by atoms with Crippen molar-refractivity contribution in [3.05, 3.63) is 12.2 Å². The molecule has 4 rings (SSSR count). The van der Waals surface area contributed by atoms with Gasteiger partial charge in [-0.05, 0) is 56.3 Å². The molecule has 3 saturated carbocycles. The molecule has 6 heteroatoms. The lowest BCUT2D eigenvalue weighted by atomic mass is 9.75. The number of allylic oxidation sites excluding steroid dienone is 2. The van der Waals surface area contributed by atoms with Crippen LogP contribution in [0.2, 0.25) is 0 Å². The highest BCUT2D eigenvalue weighted by atomic mass is 19.4. The van der Waals surface area contributed by atoms with E-state index >= 15 is 0 Å². The van der Waals surface area contributed by atoms with Crippen LogP contribution in [-0.2, 0) is 14.3 Å². The molecule has 0 amide bonds. The summed E-state index contributed by atoms with van der Waals surface area (Å²) in [6.45, 7) is -0.352. The Morgan fingerprint density at radius 1 is 1.13 bits per heavy atom. The summed E-state index contributed by atoms with van der Waals surface area (Å²) in [6.07, 6.45) is 3.46. The number of esters is 1. The molecule has 0 saturated heterocycles. The molecule has 0 aromatic rings. The topological polar surface area (TPSA) is 35.5 Å². The molecule has 0 aromatic heterocycles. The molecular weight excluding hydrogens is 309 g/mol. The van der Waals surface area contributed by atoms with E-state index in [9.17, 15) is 18.0 Å². The first-order valence-corrected chi connectivity index (χ1v) is 8.45. The third-order valence-corrected chi connectivity index (χ3v) is 6.46. The largest absolute Gasteiger partial charge is 0.438 e. The highest BCUT2D eigenvalue weighted by molar-refractivity contribution is 5.79. The first kappa shape index (κ1) is 15.5. The summed E-state index contributed by atoms with van der Waals surface area (Å²) in [5, 5.41) is 0. The fourth-order valence-electron chi connectivity index (χ4n) is 5.29. The lowest BCUT2D eigenvalue weighted by molar-refractivity contribution is -0.247. The maximum Gasteiger partial charge on any atom is 0.405 e. The molecule has 0 heterocycles. The van der Waals surface area contributed by atoms with E-state index in [4.69, 9.17) is 9.47 Å². The van der Waals surface area contributed by atoms with Gasteiger partial charge in [0.15, 0.2) is 12.2 Å². The summed E-state index contributed by atoms with van der Waals surface area (Å²) in [6, 6.07) is 0. The lowest BCUT2D eigenvalue weighted by Gasteiger charge is -2.34. The maximum absolute atomic E-state index is 13.6. The van der Waals surface area contributed by atoms with Crippen molar-refractivity contribution in [2.24, 2.45) is 29.1 Å². The van der Waals surface area contributed by atoms with Crippen LogP contribution in [0.4, 0.5) is 13.2 Å². The van der Waals surface area contributed by atoms with Crippen molar-refractivity contribution in [2.75, 3.05) is 6.79 Å². The van der Waals surface area contributed by atoms with Crippen LogP contribution in [0.15, 0.2) is 12.2 Å². The van der Waals surface area contributed by atoms with Crippen molar-refractivity contribution in [2.45, 2.75) is 50.8 Å². The summed E-state index contributed by atoms with van der Waals surface area (Å²) in [5.41, 5.74) is -2.37. The third kappa shape index (κ3) is 2.24. The number of hydrogen-bond donors (Lipinski definition) is 0. The van der Waals surface area contributed by atoms with Gasteiger partial charge in [-0.1, -0.05) is 12.2 Å². The second kappa shape index (κ2) is 5.23. The predicted molar refractivity (Wildman–Crippen MR) is 75.1 cm³/mol. The molecule has 3 atom stereocenters. The number of hydrogen-bond acceptors (Lipinski definition) is 3. The highest BCUT2D eigenvalue weighted by Crippen LogP contribution is 2.60. The Morgan fingerprint density at radius 2 is 1.78 bits per heavy atom. The zero-order valence-corrected chi connectivity index (χ0v) is 12.8. The Kier molecular flexibility index (Phi) is 3.52. The zero-order chi connectivity index (χ0) is 16.2. The van der Waals surface area contributed by atoms with E-state index < -0.39 is 23.5 Å². The lowest BCUT2D eigenvalue weighted by Crippen LogP contribution is -2.49. The summed E-state index contributed by atoms with van der Waals surface area (Å²) in [4.78, 5) is 12.3. The van der Waals surface area contributed by atoms with Crippen LogP contribution in [0.1, 0.15) is 38.5 Å². The Balaban J connectivity index is 1.40. The van der Waals surface area contributed by atoms with Crippen LogP contribution in [0, 0.1) is 29.1 Å². The molecule has 0 aliphatic heterocycles. The number of rotatable bonds is 4. The molecule has 0 radical (unpaired) electrons. The van der Waals surface area contributed by atoms with Gasteiger partial charge in [-0.15, -0.1) is 0 Å². The number of alkyl halides is 3. The van der Waals surface area contributed by atoms with Gasteiger partial charge in [0.2, 0.25) is 0 Å². The molecule has 0 N–H and O–H groups in total. The van der Waals surface area contributed by atoms with Crippen LogP contribution < -0.4 is 0 Å². The fourth-order valence-corrected chi connectivity index (χ4v) is 5.29. The van der Waals surface area contributed by atoms with Crippen LogP contribution >= 0.6 is 0 Å². The number of fused-ring (bicyclic) bond motifs is 4. The van der Waals surface area contributed by atoms with Crippen molar-refractivity contribution in [1.29, 1.82) is 0 Å². The minimum absolute atomic E-state index is 0.0598. The standard InChI is InChI=1S/C17H21F3O3/c18-17(19,20)16(8-10-1-6-13(16)7-10)15(21)23-9-22-14-11-2-3-12(14)5-4-11/h1,6,10-14H,2-5,7-9H2. The average Bonchev–Trinajstić information content (AvgIpc) is 3.26. The summed E-state index contributed by atoms with van der Waals surface area (Å²) in [7, 11) is 0. The smallest absolute Gasteiger partial charge is 0.405 e. The summed E-state index contributed by atoms with van der Waals surface area (Å²) in [5.74, 6) is -1.14. The van der Waals surface area contributed by atoms with Gasteiger partial charge in [0.1, 0.15) is 0 Å². The minimum Gasteiger partial charge on any atom is -0.438 e. The molecule has 23 heavy (non-hydrogen) atoms. The quantitative estimate of drug-likeness (QED) is 0.446. The van der Waals surface area contributed by atoms with Gasteiger partial charge in [-0.25, -0.2) is 0 Å². The minimum atomic E-state index is -4.58. The van der Waals surface area contributed by atoms with Gasteiger partial charge in [0.25, 0.3) is 0 Å². The average molecular weight is 330 g/mol. The SMILES string of the molecule is O=C(OCOC1C2CCC1CC2)C1(C(F)(F)F)CC2C=CC1C2. The van der Waals surface area contributed by atoms with E-state index in [1.165, 1.54) is 6.08 Å². The van der Waals surface area contributed by atoms with Crippen LogP contribution in [0.3, 0.4) is 0 Å².